The highest BCUT2D eigenvalue weighted by molar-refractivity contribution is 6.43. The first-order valence-electron chi connectivity index (χ1n) is 9.35. The van der Waals surface area contributed by atoms with E-state index in [9.17, 15) is 9.90 Å². The molecule has 0 spiro atoms. The molecule has 4 aliphatic rings. The van der Waals surface area contributed by atoms with Crippen molar-refractivity contribution in [3.05, 3.63) is 10.6 Å². The van der Waals surface area contributed by atoms with Gasteiger partial charge in [0.15, 0.2) is 5.78 Å². The SMILES string of the molecule is C[C@]12CCC(=O)C(Cl)=C1CC[C@@H]1[C@H]2CC[C@@]2(C)[C@H]1CC[C@]2(C)O. The molecule has 0 aliphatic heterocycles. The van der Waals surface area contributed by atoms with Crippen LogP contribution in [0.5, 0.6) is 0 Å². The summed E-state index contributed by atoms with van der Waals surface area (Å²) in [6.07, 6.45) is 8.10. The number of Topliss-reactive ketones (excluding diaryl/α,β-unsaturated/α-hetero) is 1. The lowest BCUT2D eigenvalue weighted by Crippen LogP contribution is -2.54. The molecule has 0 heterocycles. The number of halogens is 1. The van der Waals surface area contributed by atoms with Gasteiger partial charge in [-0.25, -0.2) is 0 Å². The van der Waals surface area contributed by atoms with Crippen LogP contribution >= 0.6 is 11.6 Å². The lowest BCUT2D eigenvalue weighted by molar-refractivity contribution is -0.124. The summed E-state index contributed by atoms with van der Waals surface area (Å²) in [6.45, 7) is 6.75. The summed E-state index contributed by atoms with van der Waals surface area (Å²) in [4.78, 5) is 12.0. The molecule has 1 N–H and O–H groups in total. The average Bonchev–Trinajstić information content (AvgIpc) is 2.74. The van der Waals surface area contributed by atoms with Gasteiger partial charge in [0.1, 0.15) is 0 Å². The molecule has 3 saturated carbocycles. The van der Waals surface area contributed by atoms with Crippen molar-refractivity contribution < 1.29 is 9.90 Å². The van der Waals surface area contributed by atoms with Crippen molar-refractivity contribution in [2.24, 2.45) is 28.6 Å². The Kier molecular flexibility index (Phi) is 3.40. The van der Waals surface area contributed by atoms with Crippen LogP contribution in [-0.4, -0.2) is 16.5 Å². The second kappa shape index (κ2) is 4.85. The zero-order chi connectivity index (χ0) is 16.6. The molecule has 0 aromatic heterocycles. The minimum Gasteiger partial charge on any atom is -0.390 e. The van der Waals surface area contributed by atoms with Crippen molar-refractivity contribution >= 4 is 17.4 Å². The lowest BCUT2D eigenvalue weighted by Gasteiger charge is -2.59. The number of hydrogen-bond acceptors (Lipinski definition) is 2. The molecule has 0 bridgehead atoms. The van der Waals surface area contributed by atoms with Crippen LogP contribution in [0.1, 0.15) is 72.1 Å². The topological polar surface area (TPSA) is 37.3 Å². The largest absolute Gasteiger partial charge is 0.390 e. The van der Waals surface area contributed by atoms with Gasteiger partial charge in [-0.1, -0.05) is 25.4 Å². The molecule has 23 heavy (non-hydrogen) atoms. The first kappa shape index (κ1) is 16.1. The van der Waals surface area contributed by atoms with Gasteiger partial charge in [-0.2, -0.15) is 0 Å². The van der Waals surface area contributed by atoms with E-state index < -0.39 is 5.60 Å². The van der Waals surface area contributed by atoms with Gasteiger partial charge in [0, 0.05) is 6.42 Å². The number of carbonyl (C=O) groups excluding carboxylic acids is 1. The van der Waals surface area contributed by atoms with Crippen molar-refractivity contribution in [3.8, 4) is 0 Å². The molecule has 4 aliphatic carbocycles. The fraction of sp³-hybridized carbons (Fsp3) is 0.850. The Morgan fingerprint density at radius 3 is 2.43 bits per heavy atom. The molecule has 3 heteroatoms. The van der Waals surface area contributed by atoms with E-state index in [1.54, 1.807) is 0 Å². The van der Waals surface area contributed by atoms with Gasteiger partial charge < -0.3 is 5.11 Å². The highest BCUT2D eigenvalue weighted by atomic mass is 35.5. The molecular formula is C20H29ClO2. The minimum absolute atomic E-state index is 0.0695. The van der Waals surface area contributed by atoms with Gasteiger partial charge in [0.25, 0.3) is 0 Å². The molecule has 0 saturated heterocycles. The molecule has 6 atom stereocenters. The van der Waals surface area contributed by atoms with Crippen molar-refractivity contribution in [1.82, 2.24) is 0 Å². The van der Waals surface area contributed by atoms with Crippen molar-refractivity contribution in [1.29, 1.82) is 0 Å². The summed E-state index contributed by atoms with van der Waals surface area (Å²) in [5, 5.41) is 11.5. The van der Waals surface area contributed by atoms with E-state index in [4.69, 9.17) is 11.6 Å². The maximum absolute atomic E-state index is 12.0. The van der Waals surface area contributed by atoms with E-state index in [0.717, 1.165) is 38.5 Å². The lowest BCUT2D eigenvalue weighted by atomic mass is 9.46. The Balaban J connectivity index is 1.72. The maximum Gasteiger partial charge on any atom is 0.174 e. The van der Waals surface area contributed by atoms with Gasteiger partial charge in [-0.3, -0.25) is 4.79 Å². The average molecular weight is 337 g/mol. The summed E-state index contributed by atoms with van der Waals surface area (Å²) in [5.41, 5.74) is 0.925. The number of aliphatic hydroxyl groups is 1. The second-order valence-corrected chi connectivity index (χ2v) is 9.70. The molecule has 0 radical (unpaired) electrons. The van der Waals surface area contributed by atoms with Gasteiger partial charge in [0.05, 0.1) is 10.6 Å². The summed E-state index contributed by atoms with van der Waals surface area (Å²) >= 11 is 6.44. The van der Waals surface area contributed by atoms with E-state index in [-0.39, 0.29) is 16.6 Å². The molecule has 2 nitrogen and oxygen atoms in total. The second-order valence-electron chi connectivity index (χ2n) is 9.32. The van der Waals surface area contributed by atoms with Gasteiger partial charge in [0.2, 0.25) is 0 Å². The molecule has 4 rings (SSSR count). The van der Waals surface area contributed by atoms with Gasteiger partial charge >= 0.3 is 0 Å². The third-order valence-electron chi connectivity index (χ3n) is 8.62. The monoisotopic (exact) mass is 336 g/mol. The number of hydrogen-bond donors (Lipinski definition) is 1. The molecule has 0 amide bonds. The summed E-state index contributed by atoms with van der Waals surface area (Å²) in [6, 6.07) is 0. The normalized spacial score (nSPS) is 52.9. The van der Waals surface area contributed by atoms with E-state index in [1.807, 2.05) is 0 Å². The van der Waals surface area contributed by atoms with Crippen molar-refractivity contribution in [3.63, 3.8) is 0 Å². The van der Waals surface area contributed by atoms with Crippen molar-refractivity contribution in [2.45, 2.75) is 77.7 Å². The molecule has 0 aromatic rings. The third-order valence-corrected chi connectivity index (χ3v) is 9.05. The zero-order valence-electron chi connectivity index (χ0n) is 14.6. The Bertz CT molecular complexity index is 592. The van der Waals surface area contributed by atoms with Crippen LogP contribution in [0, 0.1) is 28.6 Å². The molecule has 0 aromatic carbocycles. The Morgan fingerprint density at radius 2 is 1.70 bits per heavy atom. The van der Waals surface area contributed by atoms with Crippen molar-refractivity contribution in [2.75, 3.05) is 0 Å². The highest BCUT2D eigenvalue weighted by Crippen LogP contribution is 2.67. The number of fused-ring (bicyclic) bond motifs is 5. The highest BCUT2D eigenvalue weighted by Gasteiger charge is 2.62. The van der Waals surface area contributed by atoms with E-state index in [0.29, 0.717) is 29.2 Å². The fourth-order valence-electron chi connectivity index (χ4n) is 6.89. The molecule has 3 fully saturated rings. The third kappa shape index (κ3) is 1.94. The zero-order valence-corrected chi connectivity index (χ0v) is 15.4. The standard InChI is InChI=1S/C20H29ClO2/c1-18-9-8-16(22)17(21)15(18)5-4-12-13(18)6-10-19(2)14(12)7-11-20(19,3)23/h12-14,23H,4-11H2,1-3H3/t12-,13-,14+,18-,19+,20+/m1/s1. The van der Waals surface area contributed by atoms with Crippen LogP contribution in [-0.2, 0) is 4.79 Å². The first-order chi connectivity index (χ1) is 10.7. The summed E-state index contributed by atoms with van der Waals surface area (Å²) in [7, 11) is 0. The smallest absolute Gasteiger partial charge is 0.174 e. The van der Waals surface area contributed by atoms with E-state index >= 15 is 0 Å². The number of allylic oxidation sites excluding steroid dienone is 1. The Morgan fingerprint density at radius 1 is 1.00 bits per heavy atom. The summed E-state index contributed by atoms with van der Waals surface area (Å²) < 4.78 is 0. The van der Waals surface area contributed by atoms with Crippen LogP contribution in [0.4, 0.5) is 0 Å². The minimum atomic E-state index is -0.514. The molecule has 128 valence electrons. The molecular weight excluding hydrogens is 308 g/mol. The predicted octanol–water partition coefficient (Wildman–Crippen LogP) is 4.84. The maximum atomic E-state index is 12.0. The van der Waals surface area contributed by atoms with Crippen LogP contribution in [0.15, 0.2) is 10.6 Å². The number of carbonyl (C=O) groups is 1. The Labute approximate surface area is 144 Å². The fourth-order valence-corrected chi connectivity index (χ4v) is 7.30. The van der Waals surface area contributed by atoms with Crippen LogP contribution in [0.25, 0.3) is 0 Å². The Hall–Kier alpha value is -0.340. The summed E-state index contributed by atoms with van der Waals surface area (Å²) in [5.74, 6) is 2.11. The van der Waals surface area contributed by atoms with Crippen LogP contribution < -0.4 is 0 Å². The quantitative estimate of drug-likeness (QED) is 0.687. The van der Waals surface area contributed by atoms with Crippen LogP contribution in [0.2, 0.25) is 0 Å². The van der Waals surface area contributed by atoms with E-state index in [1.165, 1.54) is 12.0 Å². The number of ketones is 1. The van der Waals surface area contributed by atoms with Gasteiger partial charge in [-0.05, 0) is 86.0 Å². The molecule has 0 unspecified atom stereocenters. The van der Waals surface area contributed by atoms with Gasteiger partial charge in [-0.15, -0.1) is 0 Å². The predicted molar refractivity (Wildman–Crippen MR) is 92.1 cm³/mol. The number of rotatable bonds is 0. The first-order valence-corrected chi connectivity index (χ1v) is 9.73. The van der Waals surface area contributed by atoms with Crippen LogP contribution in [0.3, 0.4) is 0 Å². The van der Waals surface area contributed by atoms with E-state index in [2.05, 4.69) is 20.8 Å².